The van der Waals surface area contributed by atoms with Crippen LogP contribution in [-0.4, -0.2) is 13.3 Å². The Kier molecular flexibility index (Phi) is 51.3. The van der Waals surface area contributed by atoms with E-state index in [4.69, 9.17) is 13.3 Å². The summed E-state index contributed by atoms with van der Waals surface area (Å²) >= 11 is -2.61. The minimum Gasteiger partial charge on any atom is -1.00 e. The molecule has 0 aliphatic rings. The molecule has 38 valence electrons. The third-order valence-electron chi connectivity index (χ3n) is 0. The van der Waals surface area contributed by atoms with Crippen molar-refractivity contribution in [3.63, 3.8) is 0 Å². The summed E-state index contributed by atoms with van der Waals surface area (Å²) in [5.74, 6) is 0. The van der Waals surface area contributed by atoms with Gasteiger partial charge in [-0.2, -0.15) is 17.7 Å². The first kappa shape index (κ1) is 22.7. The zero-order chi connectivity index (χ0) is 3.58. The van der Waals surface area contributed by atoms with Gasteiger partial charge in [-0.3, -0.25) is 9.11 Å². The first-order valence-corrected chi connectivity index (χ1v) is 1.60. The molecular formula is H6Na2O3S2. The van der Waals surface area contributed by atoms with E-state index in [1.807, 2.05) is 0 Å². The third-order valence-corrected chi connectivity index (χ3v) is 0. The van der Waals surface area contributed by atoms with Crippen molar-refractivity contribution in [3.05, 3.63) is 0 Å². The van der Waals surface area contributed by atoms with Gasteiger partial charge in [0.1, 0.15) is 0 Å². The fourth-order valence-corrected chi connectivity index (χ4v) is 0. The van der Waals surface area contributed by atoms with Crippen LogP contribution >= 0.6 is 13.5 Å². The molecule has 0 aliphatic heterocycles. The van der Waals surface area contributed by atoms with Crippen LogP contribution in [0.2, 0.25) is 0 Å². The van der Waals surface area contributed by atoms with Gasteiger partial charge in [0, 0.05) is 0 Å². The van der Waals surface area contributed by atoms with Gasteiger partial charge in [0.25, 0.3) is 11.4 Å². The topological polar surface area (TPSA) is 57.5 Å². The summed E-state index contributed by atoms with van der Waals surface area (Å²) in [6.07, 6.45) is 0. The van der Waals surface area contributed by atoms with Crippen molar-refractivity contribution < 1.29 is 75.3 Å². The molecule has 0 spiro atoms. The van der Waals surface area contributed by atoms with E-state index in [0.29, 0.717) is 0 Å². The summed E-state index contributed by atoms with van der Waals surface area (Å²) in [6, 6.07) is 0. The Balaban J connectivity index is -0.00000000450. The molecule has 0 saturated carbocycles. The van der Waals surface area contributed by atoms with Crippen molar-refractivity contribution in [1.82, 2.24) is 0 Å². The van der Waals surface area contributed by atoms with Crippen LogP contribution in [0.4, 0.5) is 0 Å². The third kappa shape index (κ3) is 59.3. The van der Waals surface area contributed by atoms with Gasteiger partial charge in [0.05, 0.1) is 0 Å². The summed E-state index contributed by atoms with van der Waals surface area (Å²) in [7, 11) is 0. The zero-order valence-corrected chi connectivity index (χ0v) is 10.0. The Hall–Kier alpha value is 2.42. The normalized spacial score (nSPS) is 5.00. The molecule has 0 heterocycles. The molecule has 7 heavy (non-hydrogen) atoms. The van der Waals surface area contributed by atoms with Gasteiger partial charge >= 0.3 is 59.1 Å². The van der Waals surface area contributed by atoms with Crippen molar-refractivity contribution in [1.29, 1.82) is 0 Å². The SMILES string of the molecule is O=S(O)O.S.[H-].[H-].[Na+].[Na+]. The zero-order valence-electron chi connectivity index (χ0n) is 6.21. The van der Waals surface area contributed by atoms with Crippen LogP contribution in [0.15, 0.2) is 0 Å². The fraction of sp³-hybridized carbons (Fsp3) is 0. The summed E-state index contributed by atoms with van der Waals surface area (Å²) in [5.41, 5.74) is 0. The Labute approximate surface area is 98.7 Å². The molecule has 0 atom stereocenters. The van der Waals surface area contributed by atoms with E-state index in [0.717, 1.165) is 0 Å². The number of hydrogen-bond acceptors (Lipinski definition) is 1. The summed E-state index contributed by atoms with van der Waals surface area (Å²) in [6.45, 7) is 0. The minimum absolute atomic E-state index is 0. The second kappa shape index (κ2) is 15.8. The standard InChI is InChI=1S/2Na.H2O3S.H2S.2H/c;;1-4(2)3;;;/h;;(H2,1,2,3);1H2;;/q2*+1;;;2*-1. The molecule has 0 aromatic rings. The van der Waals surface area contributed by atoms with E-state index < -0.39 is 11.4 Å². The van der Waals surface area contributed by atoms with Gasteiger partial charge in [0.2, 0.25) is 0 Å². The molecular weight excluding hydrogens is 158 g/mol. The Bertz CT molecular complexity index is 40.8. The molecule has 0 unspecified atom stereocenters. The summed E-state index contributed by atoms with van der Waals surface area (Å²) < 4.78 is 22.8. The van der Waals surface area contributed by atoms with Crippen molar-refractivity contribution >= 4 is 24.9 Å². The van der Waals surface area contributed by atoms with E-state index in [2.05, 4.69) is 0 Å². The van der Waals surface area contributed by atoms with Crippen LogP contribution in [0.1, 0.15) is 2.85 Å². The average molecular weight is 164 g/mol. The Morgan fingerprint density at radius 3 is 1.29 bits per heavy atom. The Morgan fingerprint density at radius 2 is 1.29 bits per heavy atom. The van der Waals surface area contributed by atoms with E-state index in [-0.39, 0.29) is 75.5 Å². The predicted octanol–water partition coefficient (Wildman–Crippen LogP) is -5.97. The summed E-state index contributed by atoms with van der Waals surface area (Å²) in [5, 5.41) is 0. The number of hydrogen-bond donors (Lipinski definition) is 2. The maximum atomic E-state index is 8.67. The molecule has 0 aromatic carbocycles. The van der Waals surface area contributed by atoms with Gasteiger partial charge < -0.3 is 2.85 Å². The average Bonchev–Trinajstić information content (AvgIpc) is 0.811. The molecule has 2 N–H and O–H groups in total. The quantitative estimate of drug-likeness (QED) is 0.277. The summed E-state index contributed by atoms with van der Waals surface area (Å²) in [4.78, 5) is 0. The second-order valence-corrected chi connectivity index (χ2v) is 0.692. The fourth-order valence-electron chi connectivity index (χ4n) is 0. The van der Waals surface area contributed by atoms with Gasteiger partial charge in [-0.1, -0.05) is 0 Å². The van der Waals surface area contributed by atoms with Gasteiger partial charge in [-0.05, 0) is 0 Å². The molecule has 0 aliphatic carbocycles. The first-order chi connectivity index (χ1) is 1.73. The molecule has 0 fully saturated rings. The maximum absolute atomic E-state index is 8.67. The van der Waals surface area contributed by atoms with Crippen LogP contribution in [0, 0.1) is 0 Å². The van der Waals surface area contributed by atoms with Crippen molar-refractivity contribution in [3.8, 4) is 0 Å². The van der Waals surface area contributed by atoms with Crippen molar-refractivity contribution in [2.45, 2.75) is 0 Å². The van der Waals surface area contributed by atoms with E-state index in [1.165, 1.54) is 0 Å². The molecule has 0 amide bonds. The molecule has 0 aromatic heterocycles. The molecule has 3 nitrogen and oxygen atoms in total. The van der Waals surface area contributed by atoms with E-state index in [1.54, 1.807) is 0 Å². The number of rotatable bonds is 0. The maximum Gasteiger partial charge on any atom is 1.00 e. The van der Waals surface area contributed by atoms with Gasteiger partial charge in [0.15, 0.2) is 0 Å². The van der Waals surface area contributed by atoms with Crippen molar-refractivity contribution in [2.24, 2.45) is 0 Å². The van der Waals surface area contributed by atoms with E-state index in [9.17, 15) is 0 Å². The first-order valence-electron chi connectivity index (χ1n) is 0.532. The molecule has 0 rings (SSSR count). The van der Waals surface area contributed by atoms with Crippen LogP contribution in [-0.2, 0) is 11.4 Å². The van der Waals surface area contributed by atoms with Crippen LogP contribution in [0.25, 0.3) is 0 Å². The Morgan fingerprint density at radius 1 is 1.29 bits per heavy atom. The van der Waals surface area contributed by atoms with Crippen molar-refractivity contribution in [2.75, 3.05) is 0 Å². The monoisotopic (exact) mass is 164 g/mol. The van der Waals surface area contributed by atoms with E-state index >= 15 is 0 Å². The minimum atomic E-state index is -2.61. The molecule has 0 radical (unpaired) electrons. The second-order valence-electron chi connectivity index (χ2n) is 0.231. The van der Waals surface area contributed by atoms with Crippen LogP contribution < -0.4 is 59.1 Å². The van der Waals surface area contributed by atoms with Gasteiger partial charge in [-0.25, -0.2) is 0 Å². The smallest absolute Gasteiger partial charge is 1.00 e. The largest absolute Gasteiger partial charge is 1.00 e. The molecule has 0 saturated heterocycles. The predicted molar refractivity (Wildman–Crippen MR) is 26.0 cm³/mol. The van der Waals surface area contributed by atoms with Crippen LogP contribution in [0.5, 0.6) is 0 Å². The van der Waals surface area contributed by atoms with Gasteiger partial charge in [-0.15, -0.1) is 0 Å². The molecule has 0 bridgehead atoms. The van der Waals surface area contributed by atoms with Crippen LogP contribution in [0.3, 0.4) is 0 Å². The molecule has 7 heteroatoms.